The zero-order valence-corrected chi connectivity index (χ0v) is 9.93. The average Bonchev–Trinajstić information content (AvgIpc) is 2.22. The predicted octanol–water partition coefficient (Wildman–Crippen LogP) is 2.41. The Morgan fingerprint density at radius 1 is 1.53 bits per heavy atom. The summed E-state index contributed by atoms with van der Waals surface area (Å²) >= 11 is 0. The maximum Gasteiger partial charge on any atom is 0.271 e. The molecule has 17 heavy (non-hydrogen) atoms. The number of hydrogen-bond donors (Lipinski definition) is 1. The highest BCUT2D eigenvalue weighted by molar-refractivity contribution is 5.70. The minimum Gasteiger partial charge on any atom is -0.397 e. The summed E-state index contributed by atoms with van der Waals surface area (Å²) in [4.78, 5) is 12.3. The Bertz CT molecular complexity index is 430. The topological polar surface area (TPSA) is 72.4 Å². The van der Waals surface area contributed by atoms with Gasteiger partial charge >= 0.3 is 0 Å². The molecular weight excluding hydrogens is 218 g/mol. The summed E-state index contributed by atoms with van der Waals surface area (Å²) in [7, 11) is 1.98. The second-order valence-corrected chi connectivity index (χ2v) is 4.68. The molecule has 92 valence electrons. The zero-order chi connectivity index (χ0) is 12.4. The van der Waals surface area contributed by atoms with Crippen molar-refractivity contribution in [2.45, 2.75) is 19.3 Å². The van der Waals surface area contributed by atoms with Gasteiger partial charge < -0.3 is 10.6 Å². The lowest BCUT2D eigenvalue weighted by molar-refractivity contribution is -0.384. The lowest BCUT2D eigenvalue weighted by Crippen LogP contribution is -2.29. The molecule has 2 N–H and O–H groups in total. The number of nitro groups is 1. The van der Waals surface area contributed by atoms with Crippen molar-refractivity contribution in [2.24, 2.45) is 5.92 Å². The Kier molecular flexibility index (Phi) is 3.17. The first kappa shape index (κ1) is 11.7. The van der Waals surface area contributed by atoms with Crippen molar-refractivity contribution >= 4 is 17.1 Å². The smallest absolute Gasteiger partial charge is 0.271 e. The van der Waals surface area contributed by atoms with Gasteiger partial charge in [-0.15, -0.1) is 0 Å². The molecule has 0 radical (unpaired) electrons. The third kappa shape index (κ3) is 2.49. The van der Waals surface area contributed by atoms with E-state index in [-0.39, 0.29) is 5.69 Å². The summed E-state index contributed by atoms with van der Waals surface area (Å²) in [6.45, 7) is 0.974. The van der Waals surface area contributed by atoms with Gasteiger partial charge in [-0.25, -0.2) is 0 Å². The van der Waals surface area contributed by atoms with E-state index in [1.807, 2.05) is 7.05 Å². The van der Waals surface area contributed by atoms with Gasteiger partial charge in [0.1, 0.15) is 0 Å². The molecule has 1 aliphatic carbocycles. The second kappa shape index (κ2) is 4.61. The van der Waals surface area contributed by atoms with E-state index < -0.39 is 4.92 Å². The van der Waals surface area contributed by atoms with Gasteiger partial charge in [0.25, 0.3) is 5.69 Å². The second-order valence-electron chi connectivity index (χ2n) is 4.68. The van der Waals surface area contributed by atoms with Crippen LogP contribution in [0.15, 0.2) is 18.2 Å². The molecule has 1 fully saturated rings. The van der Waals surface area contributed by atoms with Crippen LogP contribution in [0.3, 0.4) is 0 Å². The van der Waals surface area contributed by atoms with Crippen LogP contribution in [-0.4, -0.2) is 18.5 Å². The maximum absolute atomic E-state index is 10.6. The van der Waals surface area contributed by atoms with Crippen LogP contribution in [0.4, 0.5) is 17.1 Å². The summed E-state index contributed by atoms with van der Waals surface area (Å²) in [5.41, 5.74) is 7.24. The van der Waals surface area contributed by atoms with Crippen LogP contribution in [-0.2, 0) is 0 Å². The van der Waals surface area contributed by atoms with Crippen LogP contribution in [0.25, 0.3) is 0 Å². The summed E-state index contributed by atoms with van der Waals surface area (Å²) in [5.74, 6) is 0.745. The number of nitrogens with zero attached hydrogens (tertiary/aromatic N) is 2. The van der Waals surface area contributed by atoms with E-state index in [1.165, 1.54) is 31.4 Å². The van der Waals surface area contributed by atoms with Crippen LogP contribution in [0.5, 0.6) is 0 Å². The summed E-state index contributed by atoms with van der Waals surface area (Å²) in [6, 6.07) is 4.65. The highest BCUT2D eigenvalue weighted by Crippen LogP contribution is 2.31. The minimum atomic E-state index is -0.425. The number of benzene rings is 1. The van der Waals surface area contributed by atoms with Crippen molar-refractivity contribution in [1.82, 2.24) is 0 Å². The zero-order valence-electron chi connectivity index (χ0n) is 9.93. The van der Waals surface area contributed by atoms with Crippen molar-refractivity contribution in [2.75, 3.05) is 24.2 Å². The van der Waals surface area contributed by atoms with Gasteiger partial charge in [-0.2, -0.15) is 0 Å². The highest BCUT2D eigenvalue weighted by atomic mass is 16.6. The molecular formula is C12H17N3O2. The molecule has 1 aliphatic rings. The number of nitrogen functional groups attached to an aromatic ring is 1. The molecule has 0 spiro atoms. The van der Waals surface area contributed by atoms with Crippen molar-refractivity contribution in [3.8, 4) is 0 Å². The predicted molar refractivity (Wildman–Crippen MR) is 68.1 cm³/mol. The molecule has 0 unspecified atom stereocenters. The molecule has 1 aromatic carbocycles. The van der Waals surface area contributed by atoms with E-state index in [4.69, 9.17) is 5.73 Å². The van der Waals surface area contributed by atoms with E-state index in [0.29, 0.717) is 5.69 Å². The fraction of sp³-hybridized carbons (Fsp3) is 0.500. The number of rotatable bonds is 4. The van der Waals surface area contributed by atoms with Crippen LogP contribution in [0, 0.1) is 16.0 Å². The third-order valence-electron chi connectivity index (χ3n) is 3.39. The van der Waals surface area contributed by atoms with Crippen molar-refractivity contribution in [1.29, 1.82) is 0 Å². The Morgan fingerprint density at radius 3 is 2.71 bits per heavy atom. The molecule has 2 rings (SSSR count). The van der Waals surface area contributed by atoms with Gasteiger partial charge in [0.05, 0.1) is 16.3 Å². The molecule has 0 aliphatic heterocycles. The van der Waals surface area contributed by atoms with Gasteiger partial charge in [-0.1, -0.05) is 6.42 Å². The minimum absolute atomic E-state index is 0.0447. The monoisotopic (exact) mass is 235 g/mol. The lowest BCUT2D eigenvalue weighted by Gasteiger charge is -2.31. The van der Waals surface area contributed by atoms with E-state index >= 15 is 0 Å². The highest BCUT2D eigenvalue weighted by Gasteiger charge is 2.20. The number of non-ortho nitro benzene ring substituents is 1. The number of anilines is 2. The van der Waals surface area contributed by atoms with Gasteiger partial charge in [-0.3, -0.25) is 10.1 Å². The summed E-state index contributed by atoms with van der Waals surface area (Å²) in [5, 5.41) is 10.6. The molecule has 0 saturated heterocycles. The Labute approximate surface area is 100 Å². The first-order chi connectivity index (χ1) is 8.08. The molecule has 0 atom stereocenters. The van der Waals surface area contributed by atoms with Crippen molar-refractivity contribution < 1.29 is 4.92 Å². The normalized spacial score (nSPS) is 15.4. The van der Waals surface area contributed by atoms with Crippen molar-refractivity contribution in [3.63, 3.8) is 0 Å². The average molecular weight is 235 g/mol. The molecule has 5 nitrogen and oxygen atoms in total. The fourth-order valence-corrected chi connectivity index (χ4v) is 2.16. The molecule has 0 bridgehead atoms. The fourth-order valence-electron chi connectivity index (χ4n) is 2.16. The van der Waals surface area contributed by atoms with Crippen molar-refractivity contribution in [3.05, 3.63) is 28.3 Å². The van der Waals surface area contributed by atoms with E-state index in [2.05, 4.69) is 4.90 Å². The molecule has 0 aromatic heterocycles. The first-order valence-electron chi connectivity index (χ1n) is 5.83. The number of hydrogen-bond acceptors (Lipinski definition) is 4. The number of nitro benzene ring substituents is 1. The molecule has 5 heteroatoms. The largest absolute Gasteiger partial charge is 0.397 e. The van der Waals surface area contributed by atoms with Crippen LogP contribution < -0.4 is 10.6 Å². The van der Waals surface area contributed by atoms with Gasteiger partial charge in [-0.05, 0) is 24.8 Å². The molecule has 1 saturated carbocycles. The number of nitrogens with two attached hydrogens (primary N) is 1. The Morgan fingerprint density at radius 2 is 2.24 bits per heavy atom. The lowest BCUT2D eigenvalue weighted by atomic mass is 9.85. The third-order valence-corrected chi connectivity index (χ3v) is 3.39. The quantitative estimate of drug-likeness (QED) is 0.494. The van der Waals surface area contributed by atoms with Crippen LogP contribution in [0.2, 0.25) is 0 Å². The molecule has 1 aromatic rings. The van der Waals surface area contributed by atoms with Crippen LogP contribution >= 0.6 is 0 Å². The maximum atomic E-state index is 10.6. The SMILES string of the molecule is CN(CC1CCC1)c1ccc([N+](=O)[O-])cc1N. The van der Waals surface area contributed by atoms with Gasteiger partial charge in [0.15, 0.2) is 0 Å². The molecule has 0 heterocycles. The van der Waals surface area contributed by atoms with E-state index in [1.54, 1.807) is 6.07 Å². The van der Waals surface area contributed by atoms with Crippen LogP contribution in [0.1, 0.15) is 19.3 Å². The Hall–Kier alpha value is -1.78. The van der Waals surface area contributed by atoms with E-state index in [9.17, 15) is 10.1 Å². The van der Waals surface area contributed by atoms with Gasteiger partial charge in [0.2, 0.25) is 0 Å². The standard InChI is InChI=1S/C12H17N3O2/c1-14(8-9-3-2-4-9)12-6-5-10(15(16)17)7-11(12)13/h5-7,9H,2-4,8,13H2,1H3. The van der Waals surface area contributed by atoms with Gasteiger partial charge in [0, 0.05) is 25.7 Å². The summed E-state index contributed by atoms with van der Waals surface area (Å²) < 4.78 is 0. The Balaban J connectivity index is 2.11. The van der Waals surface area contributed by atoms with E-state index in [0.717, 1.165) is 18.2 Å². The summed E-state index contributed by atoms with van der Waals surface area (Å²) in [6.07, 6.45) is 3.86. The molecule has 0 amide bonds. The first-order valence-corrected chi connectivity index (χ1v) is 5.83.